The van der Waals surface area contributed by atoms with E-state index in [1.54, 1.807) is 6.20 Å². The summed E-state index contributed by atoms with van der Waals surface area (Å²) in [7, 11) is -3.56. The molecule has 0 bridgehead atoms. The average molecular weight is 302 g/mol. The first-order valence-corrected chi connectivity index (χ1v) is 8.36. The Morgan fingerprint density at radius 1 is 1.60 bits per heavy atom. The molecule has 7 nitrogen and oxygen atoms in total. The van der Waals surface area contributed by atoms with Crippen LogP contribution in [0.15, 0.2) is 11.2 Å². The van der Waals surface area contributed by atoms with Crippen LogP contribution in [0.5, 0.6) is 0 Å². The lowest BCUT2D eigenvalue weighted by atomic mass is 10.3. The van der Waals surface area contributed by atoms with E-state index in [1.165, 1.54) is 0 Å². The number of hydrogen-bond acceptors (Lipinski definition) is 5. The first kappa shape index (κ1) is 15.4. The largest absolute Gasteiger partial charge is 0.378 e. The van der Waals surface area contributed by atoms with Crippen molar-refractivity contribution in [2.45, 2.75) is 37.9 Å². The topological polar surface area (TPSA) is 85.2 Å². The van der Waals surface area contributed by atoms with Crippen molar-refractivity contribution in [1.82, 2.24) is 19.6 Å². The highest BCUT2D eigenvalue weighted by Gasteiger charge is 2.21. The third kappa shape index (κ3) is 3.78. The van der Waals surface area contributed by atoms with E-state index >= 15 is 0 Å². The molecule has 1 atom stereocenters. The Morgan fingerprint density at radius 2 is 2.40 bits per heavy atom. The second-order valence-corrected chi connectivity index (χ2v) is 6.61. The van der Waals surface area contributed by atoms with Gasteiger partial charge in [-0.25, -0.2) is 18.1 Å². The van der Waals surface area contributed by atoms with Gasteiger partial charge in [-0.1, -0.05) is 6.92 Å². The van der Waals surface area contributed by atoms with Crippen molar-refractivity contribution in [2.24, 2.45) is 0 Å². The molecule has 8 heteroatoms. The third-order valence-electron chi connectivity index (χ3n) is 3.21. The number of ether oxygens (including phenoxy) is 1. The molecule has 1 fully saturated rings. The summed E-state index contributed by atoms with van der Waals surface area (Å²) in [6.07, 6.45) is 2.53. The highest BCUT2D eigenvalue weighted by atomic mass is 32.2. The van der Waals surface area contributed by atoms with E-state index in [4.69, 9.17) is 4.74 Å². The van der Waals surface area contributed by atoms with Crippen LogP contribution in [0.4, 0.5) is 0 Å². The summed E-state index contributed by atoms with van der Waals surface area (Å²) in [5.74, 6) is 0.714. The number of aryl methyl sites for hydroxylation is 2. The van der Waals surface area contributed by atoms with Crippen molar-refractivity contribution in [3.8, 4) is 0 Å². The molecular weight excluding hydrogens is 280 g/mol. The van der Waals surface area contributed by atoms with Crippen molar-refractivity contribution in [3.05, 3.63) is 12.0 Å². The molecule has 0 amide bonds. The van der Waals surface area contributed by atoms with Crippen LogP contribution in [0.2, 0.25) is 0 Å². The molecule has 1 saturated heterocycles. The molecule has 2 rings (SSSR count). The van der Waals surface area contributed by atoms with Gasteiger partial charge >= 0.3 is 0 Å². The lowest BCUT2D eigenvalue weighted by molar-refractivity contribution is 0.0784. The van der Waals surface area contributed by atoms with E-state index in [2.05, 4.69) is 15.0 Å². The van der Waals surface area contributed by atoms with Crippen LogP contribution in [-0.4, -0.2) is 50.3 Å². The Labute approximate surface area is 119 Å². The molecule has 0 aliphatic carbocycles. The molecule has 1 aliphatic rings. The monoisotopic (exact) mass is 302 g/mol. The molecule has 1 aromatic heterocycles. The molecule has 0 saturated carbocycles. The zero-order chi connectivity index (χ0) is 14.6. The normalized spacial score (nSPS) is 20.2. The van der Waals surface area contributed by atoms with E-state index in [-0.39, 0.29) is 11.1 Å². The second-order valence-electron chi connectivity index (χ2n) is 4.90. The van der Waals surface area contributed by atoms with Crippen molar-refractivity contribution in [2.75, 3.05) is 26.3 Å². The summed E-state index contributed by atoms with van der Waals surface area (Å²) < 4.78 is 34.1. The van der Waals surface area contributed by atoms with Gasteiger partial charge in [0.25, 0.3) is 10.0 Å². The van der Waals surface area contributed by atoms with Gasteiger partial charge in [0.1, 0.15) is 5.82 Å². The minimum absolute atomic E-state index is 0.0114. The Hall–Kier alpha value is -0.960. The molecule has 0 spiro atoms. The van der Waals surface area contributed by atoms with Crippen LogP contribution in [0.3, 0.4) is 0 Å². The fourth-order valence-electron chi connectivity index (χ4n) is 2.11. The van der Waals surface area contributed by atoms with Gasteiger partial charge in [-0.2, -0.15) is 0 Å². The Bertz CT molecular complexity index is 535. The highest BCUT2D eigenvalue weighted by molar-refractivity contribution is 7.89. The fraction of sp³-hybridized carbons (Fsp3) is 0.750. The maximum Gasteiger partial charge on any atom is 0.259 e. The zero-order valence-electron chi connectivity index (χ0n) is 11.9. The quantitative estimate of drug-likeness (QED) is 0.764. The van der Waals surface area contributed by atoms with Gasteiger partial charge in [0, 0.05) is 31.9 Å². The van der Waals surface area contributed by atoms with Crippen LogP contribution >= 0.6 is 0 Å². The second kappa shape index (κ2) is 6.66. The Morgan fingerprint density at radius 3 is 3.05 bits per heavy atom. The minimum atomic E-state index is -3.56. The van der Waals surface area contributed by atoms with E-state index in [1.807, 2.05) is 18.4 Å². The standard InChI is InChI=1S/C12H22N4O3S/c1-3-5-16-8-12(15-10(16)2)20(17,18)14-7-11-9-19-6-4-13-11/h8,11,13-14H,3-7,9H2,1-2H3. The number of imidazole rings is 1. The number of morpholine rings is 1. The Balaban J connectivity index is 2.00. The van der Waals surface area contributed by atoms with Gasteiger partial charge in [-0.15, -0.1) is 0 Å². The maximum absolute atomic E-state index is 12.2. The van der Waals surface area contributed by atoms with Gasteiger partial charge in [-0.3, -0.25) is 0 Å². The molecule has 2 heterocycles. The first-order chi connectivity index (χ1) is 9.53. The lowest BCUT2D eigenvalue weighted by Gasteiger charge is -2.23. The number of hydrogen-bond donors (Lipinski definition) is 2. The van der Waals surface area contributed by atoms with Gasteiger partial charge in [0.05, 0.1) is 13.2 Å². The Kier molecular flexibility index (Phi) is 5.14. The number of nitrogens with one attached hydrogen (secondary N) is 2. The molecule has 1 aromatic rings. The fourth-order valence-corrected chi connectivity index (χ4v) is 3.20. The van der Waals surface area contributed by atoms with Crippen molar-refractivity contribution < 1.29 is 13.2 Å². The van der Waals surface area contributed by atoms with Crippen LogP contribution < -0.4 is 10.0 Å². The highest BCUT2D eigenvalue weighted by Crippen LogP contribution is 2.09. The van der Waals surface area contributed by atoms with E-state index in [9.17, 15) is 8.42 Å². The summed E-state index contributed by atoms with van der Waals surface area (Å²) in [6, 6.07) is 0.0114. The van der Waals surface area contributed by atoms with Crippen LogP contribution in [0.1, 0.15) is 19.2 Å². The van der Waals surface area contributed by atoms with E-state index < -0.39 is 10.0 Å². The summed E-state index contributed by atoms with van der Waals surface area (Å²) in [4.78, 5) is 4.13. The van der Waals surface area contributed by atoms with Crippen LogP contribution in [0.25, 0.3) is 0 Å². The summed E-state index contributed by atoms with van der Waals surface area (Å²) in [5, 5.41) is 3.29. The molecule has 1 aliphatic heterocycles. The summed E-state index contributed by atoms with van der Waals surface area (Å²) in [5.41, 5.74) is 0. The minimum Gasteiger partial charge on any atom is -0.378 e. The average Bonchev–Trinajstić information content (AvgIpc) is 2.81. The first-order valence-electron chi connectivity index (χ1n) is 6.87. The summed E-state index contributed by atoms with van der Waals surface area (Å²) in [6.45, 7) is 6.87. The van der Waals surface area contributed by atoms with Gasteiger partial charge in [-0.05, 0) is 13.3 Å². The number of rotatable bonds is 6. The van der Waals surface area contributed by atoms with Gasteiger partial charge < -0.3 is 14.6 Å². The van der Waals surface area contributed by atoms with Crippen molar-refractivity contribution >= 4 is 10.0 Å². The van der Waals surface area contributed by atoms with Crippen LogP contribution in [-0.2, 0) is 21.3 Å². The molecule has 0 aromatic carbocycles. The molecule has 1 unspecified atom stereocenters. The smallest absolute Gasteiger partial charge is 0.259 e. The lowest BCUT2D eigenvalue weighted by Crippen LogP contribution is -2.48. The molecular formula is C12H22N4O3S. The van der Waals surface area contributed by atoms with Gasteiger partial charge in [0.2, 0.25) is 0 Å². The predicted octanol–water partition coefficient (Wildman–Crippen LogP) is -0.132. The number of aromatic nitrogens is 2. The van der Waals surface area contributed by atoms with E-state index in [0.29, 0.717) is 25.6 Å². The van der Waals surface area contributed by atoms with Crippen molar-refractivity contribution in [3.63, 3.8) is 0 Å². The number of sulfonamides is 1. The third-order valence-corrected chi connectivity index (χ3v) is 4.51. The maximum atomic E-state index is 12.2. The predicted molar refractivity (Wildman–Crippen MR) is 75.1 cm³/mol. The van der Waals surface area contributed by atoms with Crippen molar-refractivity contribution in [1.29, 1.82) is 0 Å². The number of nitrogens with zero attached hydrogens (tertiary/aromatic N) is 2. The summed E-state index contributed by atoms with van der Waals surface area (Å²) >= 11 is 0. The van der Waals surface area contributed by atoms with Gasteiger partial charge in [0.15, 0.2) is 5.03 Å². The SMILES string of the molecule is CCCn1cc(S(=O)(=O)NCC2COCCN2)nc1C. The van der Waals surface area contributed by atoms with Crippen LogP contribution in [0, 0.1) is 6.92 Å². The van der Waals surface area contributed by atoms with E-state index in [0.717, 1.165) is 19.5 Å². The molecule has 0 radical (unpaired) electrons. The molecule has 2 N–H and O–H groups in total. The molecule has 114 valence electrons. The molecule has 20 heavy (non-hydrogen) atoms. The zero-order valence-corrected chi connectivity index (χ0v) is 12.7.